The summed E-state index contributed by atoms with van der Waals surface area (Å²) in [5.74, 6) is -0.134. The molecule has 3 heterocycles. The number of fused-ring (bicyclic) bond motifs is 3. The molecule has 4 rings (SSSR count). The number of likely N-dealkylation sites (tertiary alicyclic amines) is 1. The summed E-state index contributed by atoms with van der Waals surface area (Å²) < 4.78 is 11.0. The summed E-state index contributed by atoms with van der Waals surface area (Å²) in [6.07, 6.45) is 0.923. The lowest BCUT2D eigenvalue weighted by Gasteiger charge is -2.35. The first-order valence-electron chi connectivity index (χ1n) is 8.38. The molecule has 2 aromatic rings. The number of para-hydroxylation sites is 1. The molecule has 7 heteroatoms. The second-order valence-electron chi connectivity index (χ2n) is 6.82. The molecule has 1 saturated heterocycles. The third kappa shape index (κ3) is 2.34. The van der Waals surface area contributed by atoms with Gasteiger partial charge in [-0.2, -0.15) is 0 Å². The second-order valence-corrected chi connectivity index (χ2v) is 6.82. The summed E-state index contributed by atoms with van der Waals surface area (Å²) in [6.45, 7) is 1.95. The first kappa shape index (κ1) is 16.5. The van der Waals surface area contributed by atoms with Crippen molar-refractivity contribution in [3.63, 3.8) is 0 Å². The predicted octanol–water partition coefficient (Wildman–Crippen LogP) is 1.65. The van der Waals surface area contributed by atoms with Crippen molar-refractivity contribution in [2.24, 2.45) is 0 Å². The number of esters is 1. The molecule has 2 aliphatic rings. The first-order valence-corrected chi connectivity index (χ1v) is 8.38. The fourth-order valence-electron chi connectivity index (χ4n) is 4.00. The van der Waals surface area contributed by atoms with Crippen LogP contribution in [0.3, 0.4) is 0 Å². The van der Waals surface area contributed by atoms with E-state index >= 15 is 0 Å². The maximum absolute atomic E-state index is 13.0. The minimum Gasteiger partial charge on any atom is -0.482 e. The number of methoxy groups -OCH3 is 1. The molecule has 7 nitrogen and oxygen atoms in total. The van der Waals surface area contributed by atoms with Crippen LogP contribution in [0.25, 0.3) is 10.9 Å². The molecule has 0 aliphatic carbocycles. The predicted molar refractivity (Wildman–Crippen MR) is 92.0 cm³/mol. The molecule has 134 valence electrons. The quantitative estimate of drug-likeness (QED) is 0.602. The normalized spacial score (nSPS) is 24.5. The monoisotopic (exact) mass is 354 g/mol. The van der Waals surface area contributed by atoms with E-state index in [1.165, 1.54) is 12.0 Å². The van der Waals surface area contributed by atoms with Crippen LogP contribution in [0.4, 0.5) is 0 Å². The number of amides is 1. The third-order valence-corrected chi connectivity index (χ3v) is 5.14. The Bertz CT molecular complexity index is 941. The maximum atomic E-state index is 13.0. The number of nitrogens with zero attached hydrogens (tertiary/aromatic N) is 2. The largest absolute Gasteiger partial charge is 0.482 e. The number of ether oxygens (including phenoxy) is 2. The van der Waals surface area contributed by atoms with E-state index in [9.17, 15) is 14.4 Å². The molecular formula is C19H18N2O5. The van der Waals surface area contributed by atoms with Gasteiger partial charge < -0.3 is 14.4 Å². The number of aryl methyl sites for hydroxylation is 1. The number of Topliss-reactive ketones (excluding diaryl/α,β-unsaturated/α-hetero) is 1. The average Bonchev–Trinajstić information content (AvgIpc) is 2.99. The molecule has 1 spiro atoms. The van der Waals surface area contributed by atoms with Gasteiger partial charge in [0.2, 0.25) is 6.41 Å². The minimum atomic E-state index is -0.932. The van der Waals surface area contributed by atoms with Crippen molar-refractivity contribution in [1.82, 2.24) is 9.88 Å². The number of pyridine rings is 1. The lowest BCUT2D eigenvalue weighted by molar-refractivity contribution is -0.148. The molecular weight excluding hydrogens is 336 g/mol. The van der Waals surface area contributed by atoms with Crippen molar-refractivity contribution in [1.29, 1.82) is 0 Å². The van der Waals surface area contributed by atoms with Crippen LogP contribution < -0.4 is 4.74 Å². The van der Waals surface area contributed by atoms with Crippen LogP contribution in [0, 0.1) is 6.92 Å². The van der Waals surface area contributed by atoms with Gasteiger partial charge in [0, 0.05) is 11.8 Å². The number of carbonyl (C=O) groups is 3. The van der Waals surface area contributed by atoms with Gasteiger partial charge in [-0.1, -0.05) is 18.2 Å². The summed E-state index contributed by atoms with van der Waals surface area (Å²) in [7, 11) is 1.28. The van der Waals surface area contributed by atoms with Crippen LogP contribution in [0.2, 0.25) is 0 Å². The third-order valence-electron chi connectivity index (χ3n) is 5.14. The molecule has 2 atom stereocenters. The zero-order chi connectivity index (χ0) is 18.5. The van der Waals surface area contributed by atoms with E-state index in [0.29, 0.717) is 23.4 Å². The average molecular weight is 354 g/mol. The molecule has 1 aromatic carbocycles. The van der Waals surface area contributed by atoms with Gasteiger partial charge in [0.05, 0.1) is 36.8 Å². The fourth-order valence-corrected chi connectivity index (χ4v) is 4.00. The number of ketones is 1. The first-order chi connectivity index (χ1) is 12.5. The number of aromatic nitrogens is 1. The lowest BCUT2D eigenvalue weighted by Crippen LogP contribution is -2.44. The van der Waals surface area contributed by atoms with Crippen molar-refractivity contribution >= 4 is 29.1 Å². The molecule has 2 aliphatic heterocycles. The van der Waals surface area contributed by atoms with Gasteiger partial charge in [0.1, 0.15) is 11.6 Å². The zero-order valence-corrected chi connectivity index (χ0v) is 14.5. The molecule has 1 unspecified atom stereocenters. The Morgan fingerprint density at radius 2 is 2.19 bits per heavy atom. The second kappa shape index (κ2) is 5.79. The maximum Gasteiger partial charge on any atom is 0.328 e. The number of hydrogen-bond donors (Lipinski definition) is 0. The van der Waals surface area contributed by atoms with Crippen LogP contribution in [0.15, 0.2) is 24.3 Å². The summed E-state index contributed by atoms with van der Waals surface area (Å²) in [4.78, 5) is 42.3. The lowest BCUT2D eigenvalue weighted by atomic mass is 9.86. The number of rotatable bonds is 2. The molecule has 0 N–H and O–H groups in total. The Balaban J connectivity index is 1.80. The minimum absolute atomic E-state index is 0.0654. The van der Waals surface area contributed by atoms with E-state index in [4.69, 9.17) is 9.47 Å². The number of carbonyl (C=O) groups excluding carboxylic acids is 3. The van der Waals surface area contributed by atoms with Gasteiger partial charge in [-0.25, -0.2) is 9.78 Å². The van der Waals surface area contributed by atoms with E-state index in [0.717, 1.165) is 10.9 Å². The standard InChI is InChI=1S/C19H18N2O5/c1-11-17-16(12-5-3-4-6-13(12)20-11)15(23)8-19(26-17)7-14(18(24)25-2)21(9-19)10-22/h3-6,10,14H,7-9H2,1-2H3/t14-,19?/m0/s1. The Labute approximate surface area is 149 Å². The SMILES string of the molecule is COC(=O)[C@@H]1CC2(CC(=O)c3c(c(C)nc4ccccc34)O2)CN1C=O. The van der Waals surface area contributed by atoms with Crippen molar-refractivity contribution in [3.05, 3.63) is 35.5 Å². The molecule has 1 aromatic heterocycles. The van der Waals surface area contributed by atoms with Crippen molar-refractivity contribution < 1.29 is 23.9 Å². The van der Waals surface area contributed by atoms with Crippen molar-refractivity contribution in [2.75, 3.05) is 13.7 Å². The summed E-state index contributed by atoms with van der Waals surface area (Å²) in [6, 6.07) is 6.69. The van der Waals surface area contributed by atoms with Crippen molar-refractivity contribution in [2.45, 2.75) is 31.4 Å². The van der Waals surface area contributed by atoms with E-state index in [-0.39, 0.29) is 25.2 Å². The summed E-state index contributed by atoms with van der Waals surface area (Å²) >= 11 is 0. The highest BCUT2D eigenvalue weighted by Gasteiger charge is 2.53. The molecule has 1 fully saturated rings. The molecule has 0 saturated carbocycles. The van der Waals surface area contributed by atoms with Gasteiger partial charge in [-0.05, 0) is 13.0 Å². The van der Waals surface area contributed by atoms with Crippen LogP contribution in [-0.2, 0) is 14.3 Å². The van der Waals surface area contributed by atoms with Gasteiger partial charge in [0.25, 0.3) is 0 Å². The van der Waals surface area contributed by atoms with Gasteiger partial charge >= 0.3 is 5.97 Å². The number of hydrogen-bond acceptors (Lipinski definition) is 6. The fraction of sp³-hybridized carbons (Fsp3) is 0.368. The highest BCUT2D eigenvalue weighted by atomic mass is 16.5. The van der Waals surface area contributed by atoms with Gasteiger partial charge in [0.15, 0.2) is 11.5 Å². The Morgan fingerprint density at radius 1 is 1.42 bits per heavy atom. The highest BCUT2D eigenvalue weighted by Crippen LogP contribution is 2.43. The van der Waals surface area contributed by atoms with Crippen LogP contribution >= 0.6 is 0 Å². The summed E-state index contributed by atoms with van der Waals surface area (Å²) in [5, 5.41) is 0.753. The Kier molecular flexibility index (Phi) is 3.68. The van der Waals surface area contributed by atoms with Crippen LogP contribution in [-0.4, -0.2) is 53.3 Å². The molecule has 1 amide bonds. The van der Waals surface area contributed by atoms with Gasteiger partial charge in [-0.15, -0.1) is 0 Å². The Hall–Kier alpha value is -2.96. The zero-order valence-electron chi connectivity index (χ0n) is 14.5. The van der Waals surface area contributed by atoms with Crippen LogP contribution in [0.1, 0.15) is 28.9 Å². The summed E-state index contributed by atoms with van der Waals surface area (Å²) in [5.41, 5.74) is 0.951. The topological polar surface area (TPSA) is 85.8 Å². The van der Waals surface area contributed by atoms with E-state index < -0.39 is 17.6 Å². The van der Waals surface area contributed by atoms with E-state index in [2.05, 4.69) is 4.98 Å². The van der Waals surface area contributed by atoms with E-state index in [1.807, 2.05) is 24.3 Å². The Morgan fingerprint density at radius 3 is 2.92 bits per heavy atom. The van der Waals surface area contributed by atoms with Crippen LogP contribution in [0.5, 0.6) is 5.75 Å². The smallest absolute Gasteiger partial charge is 0.328 e. The van der Waals surface area contributed by atoms with Gasteiger partial charge in [-0.3, -0.25) is 9.59 Å². The van der Waals surface area contributed by atoms with E-state index in [1.54, 1.807) is 6.92 Å². The molecule has 26 heavy (non-hydrogen) atoms. The number of benzene rings is 1. The molecule has 0 radical (unpaired) electrons. The molecule has 0 bridgehead atoms. The highest BCUT2D eigenvalue weighted by molar-refractivity contribution is 6.11. The van der Waals surface area contributed by atoms with Crippen molar-refractivity contribution in [3.8, 4) is 5.75 Å².